The molecule has 2 bridgehead atoms. The second-order valence-corrected chi connectivity index (χ2v) is 11.6. The minimum atomic E-state index is -4.20. The van der Waals surface area contributed by atoms with Crippen LogP contribution >= 0.6 is 0 Å². The van der Waals surface area contributed by atoms with E-state index >= 15 is 0 Å². The average molecular weight is 558 g/mol. The molecule has 5 heterocycles. The molecule has 8 rings (SSSR count). The summed E-state index contributed by atoms with van der Waals surface area (Å²) in [7, 11) is 0. The smallest absolute Gasteiger partial charge is 0.377 e. The molecule has 40 heavy (non-hydrogen) atoms. The molecule has 0 amide bonds. The fourth-order valence-electron chi connectivity index (χ4n) is 6.67. The molecule has 2 atom stereocenters. The highest BCUT2D eigenvalue weighted by Gasteiger charge is 2.79. The maximum Gasteiger partial charge on any atom is 0.394 e. The maximum absolute atomic E-state index is 13.6. The zero-order valence-electron chi connectivity index (χ0n) is 23.2. The predicted molar refractivity (Wildman–Crippen MR) is 141 cm³/mol. The Kier molecular flexibility index (Phi) is 6.53. The van der Waals surface area contributed by atoms with E-state index in [0.717, 1.165) is 17.0 Å². The maximum atomic E-state index is 13.6. The van der Waals surface area contributed by atoms with Crippen LogP contribution in [0.25, 0.3) is 11.2 Å². The van der Waals surface area contributed by atoms with Crippen LogP contribution in [0.15, 0.2) is 23.1 Å². The largest absolute Gasteiger partial charge is 0.394 e. The number of aromatic nitrogens is 5. The lowest BCUT2D eigenvalue weighted by Crippen LogP contribution is -2.70. The Morgan fingerprint density at radius 3 is 2.35 bits per heavy atom. The van der Waals surface area contributed by atoms with Crippen molar-refractivity contribution in [3.8, 4) is 0 Å². The van der Waals surface area contributed by atoms with Crippen molar-refractivity contribution in [1.82, 2.24) is 24.5 Å². The summed E-state index contributed by atoms with van der Waals surface area (Å²) in [6.07, 6.45) is -1.17. The molecular formula is C29H34F3N5O3. The molecule has 8 nitrogen and oxygen atoms in total. The minimum absolute atomic E-state index is 0.0338. The van der Waals surface area contributed by atoms with Gasteiger partial charge in [0.2, 0.25) is 0 Å². The van der Waals surface area contributed by atoms with Gasteiger partial charge in [0.15, 0.2) is 5.65 Å². The van der Waals surface area contributed by atoms with Crippen LogP contribution < -0.4 is 5.56 Å². The minimum Gasteiger partial charge on any atom is -0.377 e. The van der Waals surface area contributed by atoms with Crippen LogP contribution in [0.2, 0.25) is 0 Å². The van der Waals surface area contributed by atoms with Crippen LogP contribution in [0.5, 0.6) is 0 Å². The number of rotatable bonds is 4. The molecule has 0 radical (unpaired) electrons. The van der Waals surface area contributed by atoms with Crippen molar-refractivity contribution in [2.45, 2.75) is 89.5 Å². The van der Waals surface area contributed by atoms with Crippen LogP contribution in [-0.4, -0.2) is 50.5 Å². The van der Waals surface area contributed by atoms with Crippen molar-refractivity contribution in [3.05, 3.63) is 57.2 Å². The van der Waals surface area contributed by atoms with E-state index in [2.05, 4.69) is 4.98 Å². The van der Waals surface area contributed by atoms with Gasteiger partial charge in [0, 0.05) is 30.2 Å². The highest BCUT2D eigenvalue weighted by molar-refractivity contribution is 5.75. The van der Waals surface area contributed by atoms with E-state index in [9.17, 15) is 18.0 Å². The van der Waals surface area contributed by atoms with Crippen LogP contribution in [0, 0.1) is 19.3 Å². The molecule has 2 saturated heterocycles. The van der Waals surface area contributed by atoms with Gasteiger partial charge >= 0.3 is 6.18 Å². The molecule has 0 aromatic carbocycles. The summed E-state index contributed by atoms with van der Waals surface area (Å²) in [5.74, 6) is 0.529. The van der Waals surface area contributed by atoms with E-state index in [4.69, 9.17) is 24.4 Å². The Morgan fingerprint density at radius 2 is 1.70 bits per heavy atom. The van der Waals surface area contributed by atoms with Gasteiger partial charge in [0.1, 0.15) is 11.3 Å². The molecular weight excluding hydrogens is 523 g/mol. The van der Waals surface area contributed by atoms with Gasteiger partial charge in [0.25, 0.3) is 5.56 Å². The quantitative estimate of drug-likeness (QED) is 0.423. The van der Waals surface area contributed by atoms with E-state index < -0.39 is 17.0 Å². The van der Waals surface area contributed by atoms with Gasteiger partial charge < -0.3 is 14.0 Å². The molecule has 11 heteroatoms. The van der Waals surface area contributed by atoms with E-state index in [1.165, 1.54) is 0 Å². The summed E-state index contributed by atoms with van der Waals surface area (Å²) < 4.78 is 54.0. The fourth-order valence-corrected chi connectivity index (χ4v) is 6.67. The number of aryl methyl sites for hydroxylation is 2. The van der Waals surface area contributed by atoms with Crippen molar-refractivity contribution in [3.63, 3.8) is 0 Å². The Hall–Kier alpha value is -2.92. The summed E-state index contributed by atoms with van der Waals surface area (Å²) in [6.45, 7) is 9.22. The average Bonchev–Trinajstić information content (AvgIpc) is 2.84. The summed E-state index contributed by atoms with van der Waals surface area (Å²) in [4.78, 5) is 31.5. The number of fused-ring (bicyclic) bond motifs is 1. The Balaban J connectivity index is 0.00000142. The molecule has 3 saturated carbocycles. The molecule has 0 unspecified atom stereocenters. The zero-order chi connectivity index (χ0) is 28.4. The number of pyridine rings is 1. The second kappa shape index (κ2) is 9.58. The lowest BCUT2D eigenvalue weighted by Gasteiger charge is -2.70. The first-order valence-corrected chi connectivity index (χ1v) is 14.1. The van der Waals surface area contributed by atoms with Gasteiger partial charge in [-0.25, -0.2) is 19.9 Å². The first-order chi connectivity index (χ1) is 19.1. The third-order valence-corrected chi connectivity index (χ3v) is 9.09. The summed E-state index contributed by atoms with van der Waals surface area (Å²) in [6, 6.07) is 3.39. The van der Waals surface area contributed by atoms with Crippen molar-refractivity contribution in [2.75, 3.05) is 19.8 Å². The Morgan fingerprint density at radius 1 is 1.00 bits per heavy atom. The van der Waals surface area contributed by atoms with Crippen molar-refractivity contribution >= 4 is 11.2 Å². The highest BCUT2D eigenvalue weighted by atomic mass is 19.4. The van der Waals surface area contributed by atoms with E-state index in [0.29, 0.717) is 55.3 Å². The lowest BCUT2D eigenvalue weighted by atomic mass is 9.34. The zero-order valence-corrected chi connectivity index (χ0v) is 23.2. The third kappa shape index (κ3) is 4.15. The predicted octanol–water partition coefficient (Wildman–Crippen LogP) is 5.42. The number of hydrogen-bond acceptors (Lipinski definition) is 7. The number of alkyl halides is 3. The van der Waals surface area contributed by atoms with E-state index in [1.54, 1.807) is 16.7 Å². The lowest BCUT2D eigenvalue weighted by molar-refractivity contribution is -0.337. The van der Waals surface area contributed by atoms with Gasteiger partial charge in [-0.15, -0.1) is 0 Å². The van der Waals surface area contributed by atoms with Gasteiger partial charge in [-0.1, -0.05) is 13.8 Å². The number of ether oxygens (including phenoxy) is 2. The molecule has 2 aliphatic heterocycles. The van der Waals surface area contributed by atoms with Crippen LogP contribution in [0.1, 0.15) is 92.5 Å². The normalized spacial score (nSPS) is 29.6. The van der Waals surface area contributed by atoms with E-state index in [1.807, 2.05) is 33.9 Å². The first-order valence-electron chi connectivity index (χ1n) is 14.1. The van der Waals surface area contributed by atoms with Gasteiger partial charge in [-0.05, 0) is 57.6 Å². The summed E-state index contributed by atoms with van der Waals surface area (Å²) in [5.41, 5.74) is 1.67. The molecule has 5 aliphatic rings. The molecule has 3 aliphatic carbocycles. The highest BCUT2D eigenvalue weighted by Crippen LogP contribution is 2.78. The van der Waals surface area contributed by atoms with Crippen molar-refractivity contribution < 1.29 is 22.6 Å². The van der Waals surface area contributed by atoms with Gasteiger partial charge in [0.05, 0.1) is 47.9 Å². The fraction of sp³-hybridized carbons (Fsp3) is 0.621. The summed E-state index contributed by atoms with van der Waals surface area (Å²) >= 11 is 0. The third-order valence-electron chi connectivity index (χ3n) is 9.09. The van der Waals surface area contributed by atoms with Crippen molar-refractivity contribution in [1.29, 1.82) is 0 Å². The number of nitrogens with zero attached hydrogens (tertiary/aromatic N) is 5. The first kappa shape index (κ1) is 27.3. The topological polar surface area (TPSA) is 92.0 Å². The van der Waals surface area contributed by atoms with Gasteiger partial charge in [-0.3, -0.25) is 4.79 Å². The Bertz CT molecular complexity index is 1500. The summed E-state index contributed by atoms with van der Waals surface area (Å²) in [5, 5.41) is 0. The number of halogens is 3. The molecule has 214 valence electrons. The molecule has 0 spiro atoms. The molecule has 3 aromatic rings. The van der Waals surface area contributed by atoms with Crippen LogP contribution in [0.3, 0.4) is 0 Å². The monoisotopic (exact) mass is 557 g/mol. The van der Waals surface area contributed by atoms with Crippen LogP contribution in [-0.2, 0) is 14.9 Å². The van der Waals surface area contributed by atoms with Crippen LogP contribution in [0.4, 0.5) is 13.2 Å². The van der Waals surface area contributed by atoms with Crippen molar-refractivity contribution in [2.24, 2.45) is 5.41 Å². The standard InChI is InChI=1S/C27H28F3N5O3.C2H6/c1-14-15(2)32-24-21(31-14)22(25-11-26(12-25,13-25)27(28,29)30)33-23(34-24)16-5-6-38-19(7-16)17-3-4-20(36)35(8-17)18-9-37-10-18;1-2/h3-4,8,16,18-19H,5-7,9-13H2,1-2H3;1-2H3/t16-,19+,25?,26?;/m0./s1. The van der Waals surface area contributed by atoms with E-state index in [-0.39, 0.29) is 42.9 Å². The Labute approximate surface area is 230 Å². The number of hydrogen-bond donors (Lipinski definition) is 0. The van der Waals surface area contributed by atoms with Gasteiger partial charge in [-0.2, -0.15) is 13.2 Å². The molecule has 3 aromatic heterocycles. The SMILES string of the molecule is CC.Cc1nc2nc([C@H]3CCO[C@@H](c4ccc(=O)n(C5COC5)c4)C3)nc(C34CC(C(F)(F)F)(C3)C4)c2nc1C. The second-order valence-electron chi connectivity index (χ2n) is 11.6. The molecule has 5 fully saturated rings. The molecule has 0 N–H and O–H groups in total.